The highest BCUT2D eigenvalue weighted by Gasteiger charge is 2.13. The summed E-state index contributed by atoms with van der Waals surface area (Å²) in [7, 11) is 0. The Kier molecular flexibility index (Phi) is 2.22. The highest BCUT2D eigenvalue weighted by Crippen LogP contribution is 2.23. The first kappa shape index (κ1) is 9.55. The Hall–Kier alpha value is -1.67. The van der Waals surface area contributed by atoms with Gasteiger partial charge in [-0.2, -0.15) is 0 Å². The molecule has 0 atom stereocenters. The maximum atomic E-state index is 6.00. The Bertz CT molecular complexity index is 540. The van der Waals surface area contributed by atoms with Gasteiger partial charge in [0.2, 0.25) is 0 Å². The fourth-order valence-electron chi connectivity index (χ4n) is 1.96. The molecule has 0 aliphatic carbocycles. The Labute approximate surface area is 99.2 Å². The largest absolute Gasteiger partial charge is 0.372 e. The maximum absolute atomic E-state index is 6.00. The summed E-state index contributed by atoms with van der Waals surface area (Å²) in [6.45, 7) is 0.796. The third kappa shape index (κ3) is 1.51. The summed E-state index contributed by atoms with van der Waals surface area (Å²) in [6.07, 6.45) is 4.04. The van der Waals surface area contributed by atoms with E-state index >= 15 is 0 Å². The molecule has 0 radical (unpaired) electrons. The number of aromatic nitrogens is 1. The van der Waals surface area contributed by atoms with Gasteiger partial charge in [0.15, 0.2) is 0 Å². The van der Waals surface area contributed by atoms with Gasteiger partial charge in [0.1, 0.15) is 5.16 Å². The average Bonchev–Trinajstić information content (AvgIpc) is 2.73. The summed E-state index contributed by atoms with van der Waals surface area (Å²) >= 11 is 6.00. The zero-order valence-corrected chi connectivity index (χ0v) is 9.41. The minimum Gasteiger partial charge on any atom is -0.372 e. The molecule has 0 saturated heterocycles. The molecule has 0 fully saturated rings. The zero-order valence-electron chi connectivity index (χ0n) is 8.65. The van der Waals surface area contributed by atoms with Gasteiger partial charge in [-0.3, -0.25) is 0 Å². The summed E-state index contributed by atoms with van der Waals surface area (Å²) in [5.41, 5.74) is 3.59. The van der Waals surface area contributed by atoms with Crippen molar-refractivity contribution in [3.8, 4) is 5.69 Å². The number of para-hydroxylation sites is 1. The molecule has 80 valence electrons. The number of benzene rings is 1. The summed E-state index contributed by atoms with van der Waals surface area (Å²) < 4.78 is 2.15. The number of nitrogens with one attached hydrogen (secondary N) is 1. The molecule has 1 aliphatic rings. The number of hydrogen-bond acceptors (Lipinski definition) is 1. The Balaban J connectivity index is 2.15. The van der Waals surface area contributed by atoms with Crippen molar-refractivity contribution in [1.29, 1.82) is 0 Å². The molecule has 1 aromatic heterocycles. The maximum Gasteiger partial charge on any atom is 0.104 e. The second kappa shape index (κ2) is 3.72. The first-order valence-electron chi connectivity index (χ1n) is 5.21. The van der Waals surface area contributed by atoms with Gasteiger partial charge in [-0.15, -0.1) is 0 Å². The van der Waals surface area contributed by atoms with Gasteiger partial charge in [-0.25, -0.2) is 0 Å². The molecule has 0 bridgehead atoms. The van der Waals surface area contributed by atoms with Crippen molar-refractivity contribution in [2.45, 2.75) is 6.54 Å². The molecule has 0 spiro atoms. The van der Waals surface area contributed by atoms with Crippen LogP contribution < -0.4 is 5.32 Å². The minimum atomic E-state index is 0.698. The van der Waals surface area contributed by atoms with E-state index in [0.717, 1.165) is 17.9 Å². The van der Waals surface area contributed by atoms with E-state index in [9.17, 15) is 0 Å². The molecular formula is C13H11ClN2. The molecule has 2 nitrogen and oxygen atoms in total. The van der Waals surface area contributed by atoms with Crippen LogP contribution in [0.15, 0.2) is 47.8 Å². The lowest BCUT2D eigenvalue weighted by Crippen LogP contribution is -2.14. The molecule has 2 aromatic rings. The van der Waals surface area contributed by atoms with Crippen LogP contribution in [0.1, 0.15) is 11.3 Å². The minimum absolute atomic E-state index is 0.698. The van der Waals surface area contributed by atoms with Crippen molar-refractivity contribution in [3.63, 3.8) is 0 Å². The first-order valence-corrected chi connectivity index (χ1v) is 5.59. The monoisotopic (exact) mass is 230 g/mol. The Morgan fingerprint density at radius 1 is 1.12 bits per heavy atom. The van der Waals surface area contributed by atoms with Crippen LogP contribution in [0.3, 0.4) is 0 Å². The van der Waals surface area contributed by atoms with Crippen LogP contribution in [-0.2, 0) is 6.54 Å². The van der Waals surface area contributed by atoms with Crippen molar-refractivity contribution in [1.82, 2.24) is 9.88 Å². The van der Waals surface area contributed by atoms with Crippen LogP contribution in [0.25, 0.3) is 11.8 Å². The lowest BCUT2D eigenvalue weighted by atomic mass is 10.2. The van der Waals surface area contributed by atoms with E-state index in [1.165, 1.54) is 5.56 Å². The Morgan fingerprint density at radius 3 is 2.75 bits per heavy atom. The van der Waals surface area contributed by atoms with Crippen LogP contribution in [0.2, 0.25) is 0 Å². The molecular weight excluding hydrogens is 220 g/mol. The van der Waals surface area contributed by atoms with Crippen molar-refractivity contribution in [2.75, 3.05) is 0 Å². The fourth-order valence-corrected chi connectivity index (χ4v) is 2.13. The van der Waals surface area contributed by atoms with E-state index in [1.807, 2.05) is 24.3 Å². The van der Waals surface area contributed by atoms with E-state index in [4.69, 9.17) is 11.6 Å². The van der Waals surface area contributed by atoms with Crippen LogP contribution >= 0.6 is 11.6 Å². The van der Waals surface area contributed by atoms with Gasteiger partial charge in [0.25, 0.3) is 0 Å². The number of rotatable bonds is 1. The van der Waals surface area contributed by atoms with Crippen molar-refractivity contribution in [2.24, 2.45) is 0 Å². The Morgan fingerprint density at radius 2 is 1.94 bits per heavy atom. The van der Waals surface area contributed by atoms with Crippen molar-refractivity contribution in [3.05, 3.63) is 59.0 Å². The highest BCUT2D eigenvalue weighted by molar-refractivity contribution is 6.31. The molecule has 1 N–H and O–H groups in total. The average molecular weight is 231 g/mol. The topological polar surface area (TPSA) is 17.0 Å². The molecule has 2 heterocycles. The van der Waals surface area contributed by atoms with Gasteiger partial charge in [0.05, 0.1) is 5.69 Å². The van der Waals surface area contributed by atoms with E-state index in [1.54, 1.807) is 0 Å². The highest BCUT2D eigenvalue weighted by atomic mass is 35.5. The zero-order chi connectivity index (χ0) is 11.0. The predicted molar refractivity (Wildman–Crippen MR) is 66.4 cm³/mol. The van der Waals surface area contributed by atoms with Gasteiger partial charge >= 0.3 is 0 Å². The standard InChI is InChI=1S/C13H11ClN2/c14-13-8-12-10(9-15-13)6-7-16(12)11-4-2-1-3-5-11/h1-8,15H,9H2. The molecule has 1 aromatic carbocycles. The van der Waals surface area contributed by atoms with Gasteiger partial charge in [-0.1, -0.05) is 29.8 Å². The van der Waals surface area contributed by atoms with E-state index < -0.39 is 0 Å². The quantitative estimate of drug-likeness (QED) is 0.745. The number of halogens is 1. The summed E-state index contributed by atoms with van der Waals surface area (Å²) in [4.78, 5) is 0. The molecule has 16 heavy (non-hydrogen) atoms. The smallest absolute Gasteiger partial charge is 0.104 e. The second-order valence-electron chi connectivity index (χ2n) is 3.78. The van der Waals surface area contributed by atoms with E-state index in [0.29, 0.717) is 5.16 Å². The fraction of sp³-hybridized carbons (Fsp3) is 0.0769. The molecule has 0 amide bonds. The van der Waals surface area contributed by atoms with Gasteiger partial charge < -0.3 is 9.88 Å². The summed E-state index contributed by atoms with van der Waals surface area (Å²) in [5.74, 6) is 0. The number of nitrogens with zero attached hydrogens (tertiary/aromatic N) is 1. The van der Waals surface area contributed by atoms with Crippen LogP contribution in [0.5, 0.6) is 0 Å². The van der Waals surface area contributed by atoms with Crippen LogP contribution in [-0.4, -0.2) is 4.57 Å². The van der Waals surface area contributed by atoms with E-state index in [2.05, 4.69) is 34.3 Å². The van der Waals surface area contributed by atoms with Crippen molar-refractivity contribution >= 4 is 17.7 Å². The molecule has 3 heteroatoms. The normalized spacial score (nSPS) is 13.9. The lowest BCUT2D eigenvalue weighted by molar-refractivity contribution is 0.835. The molecule has 0 saturated carbocycles. The first-order chi connectivity index (χ1) is 7.84. The molecule has 3 rings (SSSR count). The molecule has 0 unspecified atom stereocenters. The van der Waals surface area contributed by atoms with Crippen molar-refractivity contribution < 1.29 is 0 Å². The SMILES string of the molecule is ClC1=Cc2c(ccn2-c2ccccc2)CN1. The number of fused-ring (bicyclic) bond motifs is 1. The third-order valence-corrected chi connectivity index (χ3v) is 3.00. The lowest BCUT2D eigenvalue weighted by Gasteiger charge is -2.14. The predicted octanol–water partition coefficient (Wildman–Crippen LogP) is 3.12. The second-order valence-corrected chi connectivity index (χ2v) is 4.18. The van der Waals surface area contributed by atoms with Gasteiger partial charge in [-0.05, 0) is 29.8 Å². The van der Waals surface area contributed by atoms with E-state index in [-0.39, 0.29) is 0 Å². The summed E-state index contributed by atoms with van der Waals surface area (Å²) in [5, 5.41) is 3.81. The summed E-state index contributed by atoms with van der Waals surface area (Å²) in [6, 6.07) is 12.4. The van der Waals surface area contributed by atoms with Crippen LogP contribution in [0.4, 0.5) is 0 Å². The third-order valence-electron chi connectivity index (χ3n) is 2.76. The van der Waals surface area contributed by atoms with Gasteiger partial charge in [0, 0.05) is 18.4 Å². The van der Waals surface area contributed by atoms with Crippen LogP contribution in [0, 0.1) is 0 Å². The molecule has 1 aliphatic heterocycles. The number of hydrogen-bond donors (Lipinski definition) is 1.